The number of likely N-dealkylation sites (N-methyl/N-ethyl adjacent to an activating group) is 2. The molecule has 3 rings (SSSR count). The molecule has 0 saturated heterocycles. The standard InChI is InChI=1S/C21H23ClN2O3/c1-15-4-9-18(26-15)12-23(2)14-21(25)24(3)13-19-10-11-20(27-19)16-5-7-17(22)8-6-16/h4-11H,12-14H2,1-3H3/p+1. The Kier molecular flexibility index (Phi) is 6.04. The molecule has 1 unspecified atom stereocenters. The molecule has 0 saturated carbocycles. The molecule has 1 aromatic carbocycles. The molecule has 1 atom stereocenters. The maximum atomic E-state index is 12.5. The van der Waals surface area contributed by atoms with Gasteiger partial charge >= 0.3 is 0 Å². The first-order valence-corrected chi connectivity index (χ1v) is 9.24. The number of hydrogen-bond acceptors (Lipinski definition) is 3. The van der Waals surface area contributed by atoms with Gasteiger partial charge in [0.25, 0.3) is 5.91 Å². The molecule has 27 heavy (non-hydrogen) atoms. The van der Waals surface area contributed by atoms with Gasteiger partial charge in [-0.05, 0) is 55.5 Å². The normalized spacial score (nSPS) is 12.1. The van der Waals surface area contributed by atoms with Crippen LogP contribution >= 0.6 is 11.6 Å². The lowest BCUT2D eigenvalue weighted by Gasteiger charge is -2.18. The molecule has 6 heteroatoms. The number of aryl methyl sites for hydroxylation is 1. The zero-order valence-electron chi connectivity index (χ0n) is 15.8. The fourth-order valence-electron chi connectivity index (χ4n) is 2.89. The van der Waals surface area contributed by atoms with E-state index in [4.69, 9.17) is 20.4 Å². The minimum atomic E-state index is 0.0558. The summed E-state index contributed by atoms with van der Waals surface area (Å²) in [7, 11) is 3.77. The second kappa shape index (κ2) is 8.46. The predicted molar refractivity (Wildman–Crippen MR) is 105 cm³/mol. The summed E-state index contributed by atoms with van der Waals surface area (Å²) >= 11 is 5.92. The summed E-state index contributed by atoms with van der Waals surface area (Å²) in [5, 5.41) is 0.687. The molecule has 5 nitrogen and oxygen atoms in total. The van der Waals surface area contributed by atoms with E-state index in [0.717, 1.165) is 33.5 Å². The molecule has 1 amide bonds. The summed E-state index contributed by atoms with van der Waals surface area (Å²) in [4.78, 5) is 15.2. The van der Waals surface area contributed by atoms with Crippen LogP contribution < -0.4 is 4.90 Å². The molecule has 0 bridgehead atoms. The first kappa shape index (κ1) is 19.3. The van der Waals surface area contributed by atoms with E-state index in [-0.39, 0.29) is 5.91 Å². The van der Waals surface area contributed by atoms with Gasteiger partial charge in [0.2, 0.25) is 0 Å². The lowest BCUT2D eigenvalue weighted by molar-refractivity contribution is -0.886. The number of carbonyl (C=O) groups is 1. The third-order valence-electron chi connectivity index (χ3n) is 4.33. The molecular formula is C21H24ClN2O3+. The van der Waals surface area contributed by atoms with E-state index in [1.807, 2.05) is 62.5 Å². The average molecular weight is 388 g/mol. The highest BCUT2D eigenvalue weighted by Gasteiger charge is 2.17. The minimum Gasteiger partial charge on any atom is -0.460 e. The smallest absolute Gasteiger partial charge is 0.277 e. The van der Waals surface area contributed by atoms with Gasteiger partial charge in [-0.2, -0.15) is 0 Å². The number of quaternary nitrogens is 1. The molecule has 0 spiro atoms. The molecule has 0 radical (unpaired) electrons. The lowest BCUT2D eigenvalue weighted by atomic mass is 10.2. The van der Waals surface area contributed by atoms with Gasteiger partial charge in [-0.3, -0.25) is 4.79 Å². The number of nitrogens with zero attached hydrogens (tertiary/aromatic N) is 1. The molecule has 0 aliphatic carbocycles. The van der Waals surface area contributed by atoms with Crippen LogP contribution in [0.5, 0.6) is 0 Å². The third-order valence-corrected chi connectivity index (χ3v) is 4.59. The fourth-order valence-corrected chi connectivity index (χ4v) is 3.01. The van der Waals surface area contributed by atoms with E-state index in [9.17, 15) is 4.79 Å². The van der Waals surface area contributed by atoms with Crippen molar-refractivity contribution in [1.29, 1.82) is 0 Å². The first-order valence-electron chi connectivity index (χ1n) is 8.86. The van der Waals surface area contributed by atoms with Gasteiger partial charge < -0.3 is 18.6 Å². The number of nitrogens with one attached hydrogen (secondary N) is 1. The number of carbonyl (C=O) groups excluding carboxylic acids is 1. The Labute approximate surface area is 164 Å². The van der Waals surface area contributed by atoms with Crippen molar-refractivity contribution in [3.63, 3.8) is 0 Å². The second-order valence-electron chi connectivity index (χ2n) is 6.85. The molecule has 1 N–H and O–H groups in total. The monoisotopic (exact) mass is 387 g/mol. The molecule has 142 valence electrons. The Morgan fingerprint density at radius 1 is 1.04 bits per heavy atom. The Hall–Kier alpha value is -2.50. The highest BCUT2D eigenvalue weighted by atomic mass is 35.5. The maximum Gasteiger partial charge on any atom is 0.277 e. The predicted octanol–water partition coefficient (Wildman–Crippen LogP) is 3.17. The van der Waals surface area contributed by atoms with Crippen LogP contribution in [0.3, 0.4) is 0 Å². The van der Waals surface area contributed by atoms with Crippen molar-refractivity contribution >= 4 is 17.5 Å². The van der Waals surface area contributed by atoms with Crippen LogP contribution in [-0.4, -0.2) is 31.4 Å². The van der Waals surface area contributed by atoms with E-state index in [2.05, 4.69) is 0 Å². The van der Waals surface area contributed by atoms with Crippen molar-refractivity contribution in [2.24, 2.45) is 0 Å². The van der Waals surface area contributed by atoms with Gasteiger partial charge in [-0.15, -0.1) is 0 Å². The van der Waals surface area contributed by atoms with Crippen molar-refractivity contribution < 1.29 is 18.5 Å². The lowest BCUT2D eigenvalue weighted by Crippen LogP contribution is -3.08. The Morgan fingerprint density at radius 2 is 1.74 bits per heavy atom. The van der Waals surface area contributed by atoms with Crippen molar-refractivity contribution in [1.82, 2.24) is 4.90 Å². The zero-order valence-corrected chi connectivity index (χ0v) is 16.5. The Balaban J connectivity index is 1.54. The van der Waals surface area contributed by atoms with Crippen molar-refractivity contribution in [3.05, 3.63) is 70.8 Å². The van der Waals surface area contributed by atoms with Crippen molar-refractivity contribution in [2.75, 3.05) is 20.6 Å². The van der Waals surface area contributed by atoms with E-state index in [1.54, 1.807) is 11.9 Å². The number of rotatable bonds is 7. The van der Waals surface area contributed by atoms with Gasteiger partial charge in [0.15, 0.2) is 12.3 Å². The van der Waals surface area contributed by atoms with Crippen LogP contribution in [0.4, 0.5) is 0 Å². The number of halogens is 1. The SMILES string of the molecule is Cc1ccc(C[NH+](C)CC(=O)N(C)Cc2ccc(-c3ccc(Cl)cc3)o2)o1. The third kappa shape index (κ3) is 5.25. The van der Waals surface area contributed by atoms with Crippen LogP contribution in [0.1, 0.15) is 17.3 Å². The largest absolute Gasteiger partial charge is 0.460 e. The van der Waals surface area contributed by atoms with E-state index >= 15 is 0 Å². The van der Waals surface area contributed by atoms with Crippen LogP contribution in [0.2, 0.25) is 5.02 Å². The summed E-state index contributed by atoms with van der Waals surface area (Å²) in [6, 6.07) is 15.2. The van der Waals surface area contributed by atoms with Gasteiger partial charge in [0.05, 0.1) is 13.6 Å². The van der Waals surface area contributed by atoms with Crippen molar-refractivity contribution in [2.45, 2.75) is 20.0 Å². The highest BCUT2D eigenvalue weighted by Crippen LogP contribution is 2.24. The molecular weight excluding hydrogens is 364 g/mol. The van der Waals surface area contributed by atoms with Crippen LogP contribution in [0.15, 0.2) is 57.4 Å². The zero-order chi connectivity index (χ0) is 19.4. The van der Waals surface area contributed by atoms with Crippen LogP contribution in [0.25, 0.3) is 11.3 Å². The highest BCUT2D eigenvalue weighted by molar-refractivity contribution is 6.30. The summed E-state index contributed by atoms with van der Waals surface area (Å²) in [6.07, 6.45) is 0. The van der Waals surface area contributed by atoms with Gasteiger partial charge in [0.1, 0.15) is 23.8 Å². The van der Waals surface area contributed by atoms with Crippen LogP contribution in [-0.2, 0) is 17.9 Å². The Bertz CT molecular complexity index is 898. The number of furan rings is 2. The molecule has 3 aromatic rings. The van der Waals surface area contributed by atoms with E-state index in [1.165, 1.54) is 0 Å². The number of benzene rings is 1. The van der Waals surface area contributed by atoms with Gasteiger partial charge in [-0.25, -0.2) is 0 Å². The molecule has 0 aliphatic heterocycles. The molecule has 2 heterocycles. The number of amides is 1. The molecule has 2 aromatic heterocycles. The van der Waals surface area contributed by atoms with Crippen molar-refractivity contribution in [3.8, 4) is 11.3 Å². The average Bonchev–Trinajstić information content (AvgIpc) is 3.24. The van der Waals surface area contributed by atoms with E-state index < -0.39 is 0 Å². The summed E-state index contributed by atoms with van der Waals surface area (Å²) in [5.41, 5.74) is 0.956. The fraction of sp³-hybridized carbons (Fsp3) is 0.286. The molecule has 0 fully saturated rings. The van der Waals surface area contributed by atoms with Gasteiger partial charge in [-0.1, -0.05) is 11.6 Å². The van der Waals surface area contributed by atoms with Gasteiger partial charge in [0, 0.05) is 17.6 Å². The topological polar surface area (TPSA) is 51.0 Å². The van der Waals surface area contributed by atoms with Crippen LogP contribution in [0, 0.1) is 6.92 Å². The number of hydrogen-bond donors (Lipinski definition) is 1. The molecule has 0 aliphatic rings. The summed E-state index contributed by atoms with van der Waals surface area (Å²) < 4.78 is 11.4. The summed E-state index contributed by atoms with van der Waals surface area (Å²) in [5.74, 6) is 3.34. The quantitative estimate of drug-likeness (QED) is 0.677. The minimum absolute atomic E-state index is 0.0558. The Morgan fingerprint density at radius 3 is 2.41 bits per heavy atom. The maximum absolute atomic E-state index is 12.5. The summed E-state index contributed by atoms with van der Waals surface area (Å²) in [6.45, 7) is 3.41. The first-order chi connectivity index (χ1) is 12.9. The van der Waals surface area contributed by atoms with E-state index in [0.29, 0.717) is 24.7 Å². The second-order valence-corrected chi connectivity index (χ2v) is 7.28.